The summed E-state index contributed by atoms with van der Waals surface area (Å²) in [6.45, 7) is 0. The van der Waals surface area contributed by atoms with Gasteiger partial charge in [0, 0.05) is 6.42 Å². The lowest BCUT2D eigenvalue weighted by atomic mass is 10.1. The van der Waals surface area contributed by atoms with E-state index >= 15 is 0 Å². The lowest BCUT2D eigenvalue weighted by molar-refractivity contribution is 0.111. The van der Waals surface area contributed by atoms with Crippen LogP contribution in [0.15, 0.2) is 24.4 Å². The molecule has 1 aromatic carbocycles. The molecule has 94 valence electrons. The van der Waals surface area contributed by atoms with E-state index < -0.39 is 0 Å². The number of imidazole rings is 1. The van der Waals surface area contributed by atoms with E-state index in [1.165, 1.54) is 6.20 Å². The van der Waals surface area contributed by atoms with Crippen molar-refractivity contribution in [1.29, 1.82) is 0 Å². The van der Waals surface area contributed by atoms with Crippen LogP contribution < -0.4 is 9.47 Å². The van der Waals surface area contributed by atoms with Gasteiger partial charge >= 0.3 is 0 Å². The summed E-state index contributed by atoms with van der Waals surface area (Å²) < 4.78 is 10.4. The Labute approximate surface area is 105 Å². The van der Waals surface area contributed by atoms with Gasteiger partial charge in [0.2, 0.25) is 0 Å². The van der Waals surface area contributed by atoms with Crippen molar-refractivity contribution in [2.45, 2.75) is 6.42 Å². The Morgan fingerprint density at radius 2 is 2.06 bits per heavy atom. The van der Waals surface area contributed by atoms with E-state index in [1.807, 2.05) is 18.2 Å². The van der Waals surface area contributed by atoms with E-state index in [0.29, 0.717) is 23.6 Å². The number of nitrogens with one attached hydrogen (secondary N) is 1. The summed E-state index contributed by atoms with van der Waals surface area (Å²) in [5.74, 6) is 2.11. The summed E-state index contributed by atoms with van der Waals surface area (Å²) >= 11 is 0. The molecule has 1 N–H and O–H groups in total. The Kier molecular flexibility index (Phi) is 3.62. The lowest BCUT2D eigenvalue weighted by Crippen LogP contribution is -1.95. The fourth-order valence-electron chi connectivity index (χ4n) is 1.71. The zero-order valence-corrected chi connectivity index (χ0v) is 10.3. The smallest absolute Gasteiger partial charge is 0.167 e. The number of rotatable bonds is 5. The Hall–Kier alpha value is -2.30. The van der Waals surface area contributed by atoms with Crippen molar-refractivity contribution in [3.8, 4) is 11.5 Å². The molecule has 0 aliphatic carbocycles. The van der Waals surface area contributed by atoms with Gasteiger partial charge in [-0.1, -0.05) is 6.07 Å². The molecule has 0 atom stereocenters. The highest BCUT2D eigenvalue weighted by atomic mass is 16.5. The van der Waals surface area contributed by atoms with Crippen LogP contribution in [0.1, 0.15) is 21.9 Å². The van der Waals surface area contributed by atoms with Crippen LogP contribution >= 0.6 is 0 Å². The highest BCUT2D eigenvalue weighted by Crippen LogP contribution is 2.28. The number of carbonyl (C=O) groups excluding carboxylic acids is 1. The minimum atomic E-state index is 0.477. The van der Waals surface area contributed by atoms with Gasteiger partial charge in [0.05, 0.1) is 26.1 Å². The third-order valence-corrected chi connectivity index (χ3v) is 2.59. The van der Waals surface area contributed by atoms with Gasteiger partial charge < -0.3 is 14.5 Å². The number of aromatic nitrogens is 2. The molecule has 0 amide bonds. The SMILES string of the molecule is COc1ccc(Cc2ncc(C=O)[nH]2)cc1OC. The molecular weight excluding hydrogens is 232 g/mol. The predicted octanol–water partition coefficient (Wildman–Crippen LogP) is 1.83. The molecule has 0 saturated heterocycles. The molecule has 5 heteroatoms. The molecule has 0 unspecified atom stereocenters. The molecule has 1 heterocycles. The van der Waals surface area contributed by atoms with Gasteiger partial charge in [0.25, 0.3) is 0 Å². The zero-order chi connectivity index (χ0) is 13.0. The van der Waals surface area contributed by atoms with Crippen LogP contribution in [0, 0.1) is 0 Å². The second-order valence-corrected chi connectivity index (χ2v) is 3.77. The second kappa shape index (κ2) is 5.35. The van der Waals surface area contributed by atoms with Crippen molar-refractivity contribution in [2.24, 2.45) is 0 Å². The molecule has 2 aromatic rings. The van der Waals surface area contributed by atoms with Crippen molar-refractivity contribution in [2.75, 3.05) is 14.2 Å². The minimum Gasteiger partial charge on any atom is -0.493 e. The van der Waals surface area contributed by atoms with Crippen LogP contribution in [-0.2, 0) is 6.42 Å². The Bertz CT molecular complexity index is 549. The van der Waals surface area contributed by atoms with Crippen molar-refractivity contribution in [1.82, 2.24) is 9.97 Å². The largest absolute Gasteiger partial charge is 0.493 e. The van der Waals surface area contributed by atoms with Crippen LogP contribution in [0.3, 0.4) is 0 Å². The molecule has 0 aliphatic heterocycles. The molecule has 5 nitrogen and oxygen atoms in total. The van der Waals surface area contributed by atoms with E-state index in [-0.39, 0.29) is 0 Å². The number of hydrogen-bond donors (Lipinski definition) is 1. The number of benzene rings is 1. The van der Waals surface area contributed by atoms with Crippen LogP contribution in [0.4, 0.5) is 0 Å². The van der Waals surface area contributed by atoms with Gasteiger partial charge in [0.15, 0.2) is 17.8 Å². The average molecular weight is 246 g/mol. The first-order chi connectivity index (χ1) is 8.76. The van der Waals surface area contributed by atoms with E-state index in [9.17, 15) is 4.79 Å². The van der Waals surface area contributed by atoms with Gasteiger partial charge in [0.1, 0.15) is 5.82 Å². The molecule has 1 aromatic heterocycles. The maximum absolute atomic E-state index is 10.5. The molecule has 0 bridgehead atoms. The normalized spacial score (nSPS) is 10.1. The van der Waals surface area contributed by atoms with Gasteiger partial charge in [-0.15, -0.1) is 0 Å². The number of aldehydes is 1. The van der Waals surface area contributed by atoms with Gasteiger partial charge in [-0.25, -0.2) is 4.98 Å². The number of methoxy groups -OCH3 is 2. The van der Waals surface area contributed by atoms with Gasteiger partial charge in [-0.2, -0.15) is 0 Å². The molecule has 0 radical (unpaired) electrons. The van der Waals surface area contributed by atoms with Gasteiger partial charge in [-0.05, 0) is 17.7 Å². The number of carbonyl (C=O) groups is 1. The number of H-pyrrole nitrogens is 1. The molecular formula is C13H14N2O3. The highest BCUT2D eigenvalue weighted by molar-refractivity contribution is 5.71. The lowest BCUT2D eigenvalue weighted by Gasteiger charge is -2.08. The number of ether oxygens (including phenoxy) is 2. The number of aromatic amines is 1. The maximum Gasteiger partial charge on any atom is 0.167 e. The zero-order valence-electron chi connectivity index (χ0n) is 10.3. The quantitative estimate of drug-likeness (QED) is 0.817. The van der Waals surface area contributed by atoms with Crippen molar-refractivity contribution >= 4 is 6.29 Å². The fraction of sp³-hybridized carbons (Fsp3) is 0.231. The second-order valence-electron chi connectivity index (χ2n) is 3.77. The number of nitrogens with zero attached hydrogens (tertiary/aromatic N) is 1. The summed E-state index contributed by atoms with van der Waals surface area (Å²) in [6.07, 6.45) is 2.86. The molecule has 2 rings (SSSR count). The average Bonchev–Trinajstić information content (AvgIpc) is 2.86. The van der Waals surface area contributed by atoms with Crippen LogP contribution in [-0.4, -0.2) is 30.5 Å². The standard InChI is InChI=1S/C13H14N2O3/c1-17-11-4-3-9(5-12(11)18-2)6-13-14-7-10(8-16)15-13/h3-5,7-8H,6H2,1-2H3,(H,14,15). The topological polar surface area (TPSA) is 64.2 Å². The van der Waals surface area contributed by atoms with Crippen LogP contribution in [0.2, 0.25) is 0 Å². The monoisotopic (exact) mass is 246 g/mol. The van der Waals surface area contributed by atoms with E-state index in [1.54, 1.807) is 14.2 Å². The Morgan fingerprint density at radius 3 is 2.67 bits per heavy atom. The summed E-state index contributed by atoms with van der Waals surface area (Å²) in [7, 11) is 3.19. The summed E-state index contributed by atoms with van der Waals surface area (Å²) in [5.41, 5.74) is 1.50. The molecule has 0 saturated carbocycles. The summed E-state index contributed by atoms with van der Waals surface area (Å²) in [4.78, 5) is 17.6. The predicted molar refractivity (Wildman–Crippen MR) is 66.3 cm³/mol. The molecule has 18 heavy (non-hydrogen) atoms. The molecule has 0 fully saturated rings. The van der Waals surface area contributed by atoms with E-state index in [4.69, 9.17) is 9.47 Å². The first-order valence-corrected chi connectivity index (χ1v) is 5.46. The van der Waals surface area contributed by atoms with Crippen LogP contribution in [0.25, 0.3) is 0 Å². The van der Waals surface area contributed by atoms with Crippen molar-refractivity contribution in [3.05, 3.63) is 41.5 Å². The third-order valence-electron chi connectivity index (χ3n) is 2.59. The van der Waals surface area contributed by atoms with Crippen molar-refractivity contribution in [3.63, 3.8) is 0 Å². The van der Waals surface area contributed by atoms with Crippen molar-refractivity contribution < 1.29 is 14.3 Å². The first kappa shape index (κ1) is 12.2. The first-order valence-electron chi connectivity index (χ1n) is 5.46. The van der Waals surface area contributed by atoms with Crippen LogP contribution in [0.5, 0.6) is 11.5 Å². The Morgan fingerprint density at radius 1 is 1.28 bits per heavy atom. The Balaban J connectivity index is 2.21. The number of hydrogen-bond acceptors (Lipinski definition) is 4. The van der Waals surface area contributed by atoms with E-state index in [0.717, 1.165) is 17.7 Å². The highest BCUT2D eigenvalue weighted by Gasteiger charge is 2.06. The van der Waals surface area contributed by atoms with E-state index in [2.05, 4.69) is 9.97 Å². The van der Waals surface area contributed by atoms with Gasteiger partial charge in [-0.3, -0.25) is 4.79 Å². The fourth-order valence-corrected chi connectivity index (χ4v) is 1.71. The minimum absolute atomic E-state index is 0.477. The summed E-state index contributed by atoms with van der Waals surface area (Å²) in [6, 6.07) is 5.67. The molecule has 0 aliphatic rings. The third kappa shape index (κ3) is 2.51. The molecule has 0 spiro atoms. The maximum atomic E-state index is 10.5. The summed E-state index contributed by atoms with van der Waals surface area (Å²) in [5, 5.41) is 0.